The van der Waals surface area contributed by atoms with Gasteiger partial charge < -0.3 is 4.74 Å². The van der Waals surface area contributed by atoms with Gasteiger partial charge in [-0.05, 0) is 49.4 Å². The fourth-order valence-corrected chi connectivity index (χ4v) is 5.45. The van der Waals surface area contributed by atoms with E-state index in [1.54, 1.807) is 18.2 Å². The van der Waals surface area contributed by atoms with E-state index in [2.05, 4.69) is 0 Å². The summed E-state index contributed by atoms with van der Waals surface area (Å²) in [5, 5.41) is 0.0782. The quantitative estimate of drug-likeness (QED) is 0.480. The number of imide groups is 1. The van der Waals surface area contributed by atoms with Crippen LogP contribution >= 0.6 is 11.6 Å². The molecule has 1 atom stereocenters. The summed E-state index contributed by atoms with van der Waals surface area (Å²) in [6.07, 6.45) is 0. The zero-order valence-corrected chi connectivity index (χ0v) is 19.7. The molecule has 0 N–H and O–H groups in total. The molecule has 3 aromatic rings. The number of ether oxygens (including phenoxy) is 1. The number of fused-ring (bicyclic) bond motifs is 1. The van der Waals surface area contributed by atoms with Crippen molar-refractivity contribution in [3.05, 3.63) is 88.9 Å². The van der Waals surface area contributed by atoms with Crippen LogP contribution in [0.5, 0.6) is 5.75 Å². The molecule has 4 rings (SSSR count). The van der Waals surface area contributed by atoms with Crippen LogP contribution in [-0.2, 0) is 14.8 Å². The van der Waals surface area contributed by atoms with Gasteiger partial charge in [0.25, 0.3) is 27.7 Å². The topological polar surface area (TPSA) is 101 Å². The van der Waals surface area contributed by atoms with E-state index in [4.69, 9.17) is 16.3 Å². The van der Waals surface area contributed by atoms with Gasteiger partial charge in [-0.15, -0.1) is 0 Å². The molecule has 0 aliphatic carbocycles. The van der Waals surface area contributed by atoms with Gasteiger partial charge in [-0.2, -0.15) is 0 Å². The second kappa shape index (κ2) is 8.92. The fourth-order valence-electron chi connectivity index (χ4n) is 3.70. The van der Waals surface area contributed by atoms with Gasteiger partial charge in [0.05, 0.1) is 33.8 Å². The summed E-state index contributed by atoms with van der Waals surface area (Å²) in [4.78, 5) is 40.1. The van der Waals surface area contributed by atoms with Crippen molar-refractivity contribution in [2.24, 2.45) is 0 Å². The lowest BCUT2D eigenvalue weighted by Crippen LogP contribution is -2.51. The maximum absolute atomic E-state index is 13.7. The Kier molecular flexibility index (Phi) is 6.16. The van der Waals surface area contributed by atoms with Gasteiger partial charge in [0.15, 0.2) is 0 Å². The van der Waals surface area contributed by atoms with Crippen molar-refractivity contribution in [1.29, 1.82) is 0 Å². The number of carbonyl (C=O) groups is 3. The van der Waals surface area contributed by atoms with Crippen molar-refractivity contribution in [3.8, 4) is 5.75 Å². The lowest BCUT2D eigenvalue weighted by atomic mass is 10.1. The van der Waals surface area contributed by atoms with E-state index in [-0.39, 0.29) is 32.5 Å². The van der Waals surface area contributed by atoms with Crippen LogP contribution in [0.2, 0.25) is 5.02 Å². The van der Waals surface area contributed by atoms with Crippen molar-refractivity contribution < 1.29 is 27.5 Å². The second-order valence-electron chi connectivity index (χ2n) is 7.44. The molecule has 10 heteroatoms. The van der Waals surface area contributed by atoms with E-state index in [1.807, 2.05) is 0 Å². The molecule has 1 aliphatic heterocycles. The van der Waals surface area contributed by atoms with Crippen LogP contribution in [0.3, 0.4) is 0 Å². The number of nitrogens with zero attached hydrogens (tertiary/aromatic N) is 2. The molecule has 0 fully saturated rings. The summed E-state index contributed by atoms with van der Waals surface area (Å²) in [5.41, 5.74) is 0.234. The highest BCUT2D eigenvalue weighted by Crippen LogP contribution is 2.33. The predicted octanol–water partition coefficient (Wildman–Crippen LogP) is 3.76. The smallest absolute Gasteiger partial charge is 0.270 e. The first kappa shape index (κ1) is 23.5. The second-order valence-corrected chi connectivity index (χ2v) is 9.64. The molecular formula is C24H19ClN2O6S. The number of sulfonamides is 1. The number of benzene rings is 3. The number of hydrogen-bond donors (Lipinski definition) is 0. The first-order valence-electron chi connectivity index (χ1n) is 10.1. The minimum Gasteiger partial charge on any atom is -0.495 e. The van der Waals surface area contributed by atoms with E-state index in [0.29, 0.717) is 4.31 Å². The SMILES string of the molecule is COc1ccc(N(C(=O)C(C)N2C(=O)c3ccccc3C2=O)S(=O)(=O)c2ccccc2)cc1Cl. The first-order chi connectivity index (χ1) is 16.2. The van der Waals surface area contributed by atoms with E-state index >= 15 is 0 Å². The van der Waals surface area contributed by atoms with Crippen LogP contribution in [0.15, 0.2) is 77.7 Å². The molecule has 1 aliphatic rings. The molecule has 0 aromatic heterocycles. The molecule has 1 heterocycles. The summed E-state index contributed by atoms with van der Waals surface area (Å²) in [5.74, 6) is -2.07. The Balaban J connectivity index is 1.81. The molecule has 8 nitrogen and oxygen atoms in total. The van der Waals surface area contributed by atoms with Gasteiger partial charge in [-0.25, -0.2) is 12.7 Å². The van der Waals surface area contributed by atoms with E-state index in [0.717, 1.165) is 4.90 Å². The highest BCUT2D eigenvalue weighted by atomic mass is 35.5. The molecular weight excluding hydrogens is 480 g/mol. The Morgan fingerprint density at radius 2 is 1.50 bits per heavy atom. The van der Waals surface area contributed by atoms with Crippen molar-refractivity contribution in [2.75, 3.05) is 11.4 Å². The number of hydrogen-bond acceptors (Lipinski definition) is 6. The van der Waals surface area contributed by atoms with Gasteiger partial charge in [-0.3, -0.25) is 19.3 Å². The summed E-state index contributed by atoms with van der Waals surface area (Å²) in [6.45, 7) is 1.31. The van der Waals surface area contributed by atoms with Gasteiger partial charge in [0.1, 0.15) is 11.8 Å². The molecule has 0 spiro atoms. The number of rotatable bonds is 6. The summed E-state index contributed by atoms with van der Waals surface area (Å²) in [7, 11) is -3.03. The minimum absolute atomic E-state index is 0.0666. The van der Waals surface area contributed by atoms with E-state index in [1.165, 1.54) is 68.6 Å². The predicted molar refractivity (Wildman–Crippen MR) is 126 cm³/mol. The Morgan fingerprint density at radius 1 is 0.941 bits per heavy atom. The lowest BCUT2D eigenvalue weighted by molar-refractivity contribution is -0.120. The molecule has 34 heavy (non-hydrogen) atoms. The third kappa shape index (κ3) is 3.82. The first-order valence-corrected chi connectivity index (χ1v) is 11.9. The van der Waals surface area contributed by atoms with Crippen LogP contribution in [0.1, 0.15) is 27.6 Å². The number of anilines is 1. The Morgan fingerprint density at radius 3 is 2.03 bits per heavy atom. The van der Waals surface area contributed by atoms with Gasteiger partial charge in [0.2, 0.25) is 0 Å². The zero-order chi connectivity index (χ0) is 24.6. The number of methoxy groups -OCH3 is 1. The Hall–Kier alpha value is -3.69. The van der Waals surface area contributed by atoms with Crippen molar-refractivity contribution in [2.45, 2.75) is 17.9 Å². The minimum atomic E-state index is -4.43. The molecule has 174 valence electrons. The molecule has 0 bridgehead atoms. The average Bonchev–Trinajstić information content (AvgIpc) is 3.09. The standard InChI is InChI=1S/C24H19ClN2O6S/c1-15(26-23(29)18-10-6-7-11-19(18)24(26)30)22(28)27(16-12-13-21(33-2)20(25)14-16)34(31,32)17-8-4-3-5-9-17/h3-15H,1-2H3. The third-order valence-electron chi connectivity index (χ3n) is 5.42. The summed E-state index contributed by atoms with van der Waals surface area (Å²) < 4.78 is 32.8. The van der Waals surface area contributed by atoms with Crippen molar-refractivity contribution in [3.63, 3.8) is 0 Å². The molecule has 0 saturated carbocycles. The number of amides is 3. The number of carbonyl (C=O) groups excluding carboxylic acids is 3. The van der Waals surface area contributed by atoms with Crippen LogP contribution < -0.4 is 9.04 Å². The Bertz CT molecular complexity index is 1370. The molecule has 0 radical (unpaired) electrons. The maximum atomic E-state index is 13.7. The van der Waals surface area contributed by atoms with Gasteiger partial charge >= 0.3 is 0 Å². The van der Waals surface area contributed by atoms with E-state index < -0.39 is 33.8 Å². The highest BCUT2D eigenvalue weighted by molar-refractivity contribution is 7.93. The van der Waals surface area contributed by atoms with Crippen molar-refractivity contribution >= 4 is 45.0 Å². The maximum Gasteiger partial charge on any atom is 0.270 e. The average molecular weight is 499 g/mol. The normalized spacial score (nSPS) is 14.0. The Labute approximate surface area is 201 Å². The van der Waals surface area contributed by atoms with Crippen LogP contribution in [0.25, 0.3) is 0 Å². The highest BCUT2D eigenvalue weighted by Gasteiger charge is 2.44. The fraction of sp³-hybridized carbons (Fsp3) is 0.125. The summed E-state index contributed by atoms with van der Waals surface area (Å²) in [6, 6.07) is 16.1. The third-order valence-corrected chi connectivity index (χ3v) is 7.46. The lowest BCUT2D eigenvalue weighted by Gasteiger charge is -2.29. The molecule has 0 saturated heterocycles. The molecule has 3 aromatic carbocycles. The van der Waals surface area contributed by atoms with Gasteiger partial charge in [0, 0.05) is 0 Å². The number of halogens is 1. The monoisotopic (exact) mass is 498 g/mol. The van der Waals surface area contributed by atoms with Gasteiger partial charge in [-0.1, -0.05) is 41.9 Å². The summed E-state index contributed by atoms with van der Waals surface area (Å²) >= 11 is 6.21. The van der Waals surface area contributed by atoms with Crippen LogP contribution in [-0.4, -0.2) is 44.2 Å². The van der Waals surface area contributed by atoms with Crippen molar-refractivity contribution in [1.82, 2.24) is 4.90 Å². The largest absolute Gasteiger partial charge is 0.495 e. The van der Waals surface area contributed by atoms with Crippen LogP contribution in [0, 0.1) is 0 Å². The zero-order valence-electron chi connectivity index (χ0n) is 18.1. The van der Waals surface area contributed by atoms with Crippen LogP contribution in [0.4, 0.5) is 5.69 Å². The molecule has 3 amide bonds. The molecule has 1 unspecified atom stereocenters. The van der Waals surface area contributed by atoms with E-state index in [9.17, 15) is 22.8 Å².